The molecule has 0 aromatic carbocycles. The summed E-state index contributed by atoms with van der Waals surface area (Å²) in [5.74, 6) is 25.9. The molecule has 0 heteroatoms. The molecule has 0 spiro atoms. The van der Waals surface area contributed by atoms with Gasteiger partial charge in [0.2, 0.25) is 0 Å². The second-order valence-corrected chi connectivity index (χ2v) is 5.67. The van der Waals surface area contributed by atoms with Gasteiger partial charge in [-0.3, -0.25) is 0 Å². The normalized spacial score (nSPS) is 22.8. The molecule has 0 nitrogen and oxygen atoms in total. The Morgan fingerprint density at radius 2 is 0.941 bits per heavy atom. The number of hydrogen-bond donors (Lipinski definition) is 0. The van der Waals surface area contributed by atoms with Crippen molar-refractivity contribution in [2.24, 2.45) is 22.7 Å². The maximum Gasteiger partial charge on any atom is 0.0863 e. The first-order valence-electron chi connectivity index (χ1n) is 5.97. The molecule has 84 valence electrons. The zero-order chi connectivity index (χ0) is 12.5. The molecule has 2 aliphatic carbocycles. The van der Waals surface area contributed by atoms with Crippen LogP contribution in [0.5, 0.6) is 0 Å². The van der Waals surface area contributed by atoms with Gasteiger partial charge in [0.1, 0.15) is 0 Å². The molecular weight excluding hydrogens is 204 g/mol. The number of rotatable bonds is 2. The van der Waals surface area contributed by atoms with Gasteiger partial charge in [0, 0.05) is 0 Å². The molecule has 0 aromatic rings. The highest BCUT2D eigenvalue weighted by atomic mass is 14.2. The molecule has 0 aliphatic heterocycles. The monoisotopic (exact) mass is 220 g/mol. The van der Waals surface area contributed by atoms with Crippen molar-refractivity contribution in [3.05, 3.63) is 0 Å². The largest absolute Gasteiger partial charge is 0.0863 e. The summed E-state index contributed by atoms with van der Waals surface area (Å²) < 4.78 is 0. The Morgan fingerprint density at radius 1 is 0.647 bits per heavy atom. The van der Waals surface area contributed by atoms with E-state index < -0.39 is 0 Å². The summed E-state index contributed by atoms with van der Waals surface area (Å²) in [6.07, 6.45) is 0.853. The number of hydrogen-bond acceptors (Lipinski definition) is 0. The Bertz CT molecular complexity index is 469. The van der Waals surface area contributed by atoms with E-state index in [1.54, 1.807) is 0 Å². The highest BCUT2D eigenvalue weighted by Crippen LogP contribution is 2.22. The average Bonchev–Trinajstić information content (AvgIpc) is 2.24. The lowest BCUT2D eigenvalue weighted by Crippen LogP contribution is -2.15. The van der Waals surface area contributed by atoms with E-state index in [1.807, 2.05) is 27.7 Å². The van der Waals surface area contributed by atoms with Gasteiger partial charge in [0.15, 0.2) is 0 Å². The lowest BCUT2D eigenvalue weighted by Gasteiger charge is -2.17. The summed E-state index contributed by atoms with van der Waals surface area (Å²) in [5, 5.41) is 0. The van der Waals surface area contributed by atoms with E-state index in [0.29, 0.717) is 0 Å². The van der Waals surface area contributed by atoms with Crippen LogP contribution in [0.2, 0.25) is 0 Å². The van der Waals surface area contributed by atoms with Gasteiger partial charge in [-0.25, -0.2) is 0 Å². The Morgan fingerprint density at radius 3 is 1.24 bits per heavy atom. The highest BCUT2D eigenvalue weighted by Gasteiger charge is 2.19. The third-order valence-corrected chi connectivity index (χ3v) is 2.71. The predicted octanol–water partition coefficient (Wildman–Crippen LogP) is 2.70. The Labute approximate surface area is 105 Å². The topological polar surface area (TPSA) is 0 Å². The van der Waals surface area contributed by atoms with Crippen LogP contribution < -0.4 is 0 Å². The first-order chi connectivity index (χ1) is 7.86. The van der Waals surface area contributed by atoms with Crippen LogP contribution in [-0.4, -0.2) is 0 Å². The predicted molar refractivity (Wildman–Crippen MR) is 70.3 cm³/mol. The van der Waals surface area contributed by atoms with E-state index >= 15 is 0 Å². The van der Waals surface area contributed by atoms with Gasteiger partial charge in [0.05, 0.1) is 22.7 Å². The molecule has 0 aromatic heterocycles. The molecule has 0 atom stereocenters. The van der Waals surface area contributed by atoms with E-state index in [4.69, 9.17) is 0 Å². The molecule has 0 N–H and O–H groups in total. The SMILES string of the molecule is CC1(C)C#CC(CC2C#CC(C)(C)C#C2)C#C1. The van der Waals surface area contributed by atoms with E-state index in [-0.39, 0.29) is 22.7 Å². The minimum Gasteiger partial charge on any atom is -0.0851 e. The molecule has 0 unspecified atom stereocenters. The summed E-state index contributed by atoms with van der Waals surface area (Å²) in [7, 11) is 0. The van der Waals surface area contributed by atoms with Crippen molar-refractivity contribution in [1.82, 2.24) is 0 Å². The molecule has 0 saturated carbocycles. The average molecular weight is 220 g/mol. The van der Waals surface area contributed by atoms with E-state index in [9.17, 15) is 0 Å². The van der Waals surface area contributed by atoms with Crippen LogP contribution in [0.15, 0.2) is 0 Å². The minimum absolute atomic E-state index is 0.137. The summed E-state index contributed by atoms with van der Waals surface area (Å²) in [6.45, 7) is 8.19. The molecule has 2 aliphatic rings. The van der Waals surface area contributed by atoms with E-state index in [2.05, 4.69) is 47.4 Å². The Hall–Kier alpha value is -1.76. The molecule has 0 heterocycles. The molecule has 2 rings (SSSR count). The molecule has 17 heavy (non-hydrogen) atoms. The van der Waals surface area contributed by atoms with Crippen LogP contribution in [0.25, 0.3) is 0 Å². The summed E-state index contributed by atoms with van der Waals surface area (Å²) >= 11 is 0. The van der Waals surface area contributed by atoms with Crippen molar-refractivity contribution in [3.63, 3.8) is 0 Å². The molecule has 0 bridgehead atoms. The standard InChI is InChI=1S/C17H16/c1-16(2)9-5-14(6-10-16)13-15-7-11-17(3,4)12-8-15/h14-15H,13H2,1-4H3. The quantitative estimate of drug-likeness (QED) is 0.628. The van der Waals surface area contributed by atoms with E-state index in [1.165, 1.54) is 0 Å². The summed E-state index contributed by atoms with van der Waals surface area (Å²) in [5.41, 5.74) is -0.301. The second-order valence-electron chi connectivity index (χ2n) is 5.67. The van der Waals surface area contributed by atoms with Crippen LogP contribution in [0.4, 0.5) is 0 Å². The minimum atomic E-state index is -0.150. The van der Waals surface area contributed by atoms with Crippen LogP contribution in [0.1, 0.15) is 34.1 Å². The van der Waals surface area contributed by atoms with E-state index in [0.717, 1.165) is 6.42 Å². The van der Waals surface area contributed by atoms with Crippen LogP contribution in [-0.2, 0) is 0 Å². The summed E-state index contributed by atoms with van der Waals surface area (Å²) in [6, 6.07) is 0. The maximum absolute atomic E-state index is 3.22. The molecular formula is C17H16. The van der Waals surface area contributed by atoms with Crippen molar-refractivity contribution in [2.45, 2.75) is 34.1 Å². The highest BCUT2D eigenvalue weighted by molar-refractivity contribution is 5.37. The zero-order valence-corrected chi connectivity index (χ0v) is 10.9. The van der Waals surface area contributed by atoms with Gasteiger partial charge >= 0.3 is 0 Å². The second kappa shape index (κ2) is 3.92. The van der Waals surface area contributed by atoms with Crippen molar-refractivity contribution in [3.8, 4) is 47.4 Å². The lowest BCUT2D eigenvalue weighted by atomic mass is 9.84. The van der Waals surface area contributed by atoms with Crippen LogP contribution in [0, 0.1) is 70.0 Å². The van der Waals surface area contributed by atoms with Gasteiger partial charge < -0.3 is 0 Å². The Balaban J connectivity index is 2.01. The fraction of sp³-hybridized carbons (Fsp3) is 0.529. The van der Waals surface area contributed by atoms with Gasteiger partial charge in [0.25, 0.3) is 0 Å². The third-order valence-electron chi connectivity index (χ3n) is 2.71. The van der Waals surface area contributed by atoms with Crippen molar-refractivity contribution in [1.29, 1.82) is 0 Å². The Kier molecular flexibility index (Phi) is 2.70. The summed E-state index contributed by atoms with van der Waals surface area (Å²) in [4.78, 5) is 0. The van der Waals surface area contributed by atoms with Crippen LogP contribution >= 0.6 is 0 Å². The van der Waals surface area contributed by atoms with Crippen molar-refractivity contribution < 1.29 is 0 Å². The molecule has 0 amide bonds. The third kappa shape index (κ3) is 3.10. The van der Waals surface area contributed by atoms with Crippen molar-refractivity contribution in [2.75, 3.05) is 0 Å². The van der Waals surface area contributed by atoms with Gasteiger partial charge in [-0.05, 0) is 34.1 Å². The van der Waals surface area contributed by atoms with Gasteiger partial charge in [-0.15, -0.1) is 0 Å². The fourth-order valence-corrected chi connectivity index (χ4v) is 1.68. The first-order valence-corrected chi connectivity index (χ1v) is 5.97. The van der Waals surface area contributed by atoms with Gasteiger partial charge in [-0.2, -0.15) is 0 Å². The lowest BCUT2D eigenvalue weighted by molar-refractivity contribution is 0.625. The van der Waals surface area contributed by atoms with Gasteiger partial charge in [-0.1, -0.05) is 47.4 Å². The van der Waals surface area contributed by atoms with Crippen LogP contribution in [0.3, 0.4) is 0 Å². The first kappa shape index (κ1) is 11.7. The molecule has 0 fully saturated rings. The van der Waals surface area contributed by atoms with Crippen molar-refractivity contribution >= 4 is 0 Å². The smallest absolute Gasteiger partial charge is 0.0851 e. The molecule has 0 saturated heterocycles. The fourth-order valence-electron chi connectivity index (χ4n) is 1.68. The molecule has 0 radical (unpaired) electrons. The maximum atomic E-state index is 3.22. The zero-order valence-electron chi connectivity index (χ0n) is 10.9.